The molecule has 72 valence electrons. The quantitative estimate of drug-likeness (QED) is 0.795. The smallest absolute Gasteiger partial charge is 0.229 e. The van der Waals surface area contributed by atoms with Crippen molar-refractivity contribution in [3.63, 3.8) is 0 Å². The molecular formula is C7H7F2NO2S. The van der Waals surface area contributed by atoms with Crippen LogP contribution in [0.1, 0.15) is 0 Å². The minimum Gasteiger partial charge on any atom is -0.284 e. The Hall–Kier alpha value is -1.17. The van der Waals surface area contributed by atoms with E-state index in [-0.39, 0.29) is 5.69 Å². The van der Waals surface area contributed by atoms with Crippen molar-refractivity contribution < 1.29 is 17.2 Å². The molecule has 1 rings (SSSR count). The molecule has 0 aliphatic rings. The first kappa shape index (κ1) is 9.91. The molecule has 0 atom stereocenters. The Morgan fingerprint density at radius 2 is 1.62 bits per heavy atom. The van der Waals surface area contributed by atoms with Gasteiger partial charge in [0.1, 0.15) is 11.6 Å². The highest BCUT2D eigenvalue weighted by atomic mass is 32.2. The molecule has 0 aliphatic heterocycles. The monoisotopic (exact) mass is 207 g/mol. The Balaban J connectivity index is 3.03. The largest absolute Gasteiger partial charge is 0.284 e. The number of benzene rings is 1. The van der Waals surface area contributed by atoms with Crippen LogP contribution in [0.3, 0.4) is 0 Å². The van der Waals surface area contributed by atoms with Crippen LogP contribution in [-0.4, -0.2) is 14.7 Å². The first-order valence-electron chi connectivity index (χ1n) is 3.31. The van der Waals surface area contributed by atoms with E-state index in [1.165, 1.54) is 0 Å². The Bertz CT molecular complexity index is 396. The SMILES string of the molecule is CS(=O)(=O)Nc1cc(F)cc(F)c1. The molecule has 0 saturated heterocycles. The summed E-state index contributed by atoms with van der Waals surface area (Å²) in [5, 5.41) is 0. The Morgan fingerprint density at radius 1 is 1.15 bits per heavy atom. The molecule has 0 aliphatic carbocycles. The van der Waals surface area contributed by atoms with Crippen molar-refractivity contribution in [3.05, 3.63) is 29.8 Å². The maximum Gasteiger partial charge on any atom is 0.229 e. The molecular weight excluding hydrogens is 200 g/mol. The molecule has 0 spiro atoms. The highest BCUT2D eigenvalue weighted by Crippen LogP contribution is 2.13. The van der Waals surface area contributed by atoms with E-state index >= 15 is 0 Å². The lowest BCUT2D eigenvalue weighted by molar-refractivity contribution is 0.584. The first-order valence-corrected chi connectivity index (χ1v) is 5.20. The molecule has 1 aromatic carbocycles. The van der Waals surface area contributed by atoms with Crippen LogP contribution in [0, 0.1) is 11.6 Å². The van der Waals surface area contributed by atoms with E-state index in [1.807, 2.05) is 4.72 Å². The molecule has 6 heteroatoms. The van der Waals surface area contributed by atoms with Crippen LogP contribution in [0.4, 0.5) is 14.5 Å². The number of halogens is 2. The van der Waals surface area contributed by atoms with Crippen molar-refractivity contribution in [2.75, 3.05) is 11.0 Å². The van der Waals surface area contributed by atoms with E-state index in [4.69, 9.17) is 0 Å². The predicted octanol–water partition coefficient (Wildman–Crippen LogP) is 1.34. The number of hydrogen-bond donors (Lipinski definition) is 1. The average molecular weight is 207 g/mol. The van der Waals surface area contributed by atoms with Gasteiger partial charge in [0.05, 0.1) is 11.9 Å². The maximum absolute atomic E-state index is 12.5. The molecule has 0 aromatic heterocycles. The minimum absolute atomic E-state index is 0.125. The lowest BCUT2D eigenvalue weighted by atomic mass is 10.3. The molecule has 0 heterocycles. The fourth-order valence-corrected chi connectivity index (χ4v) is 1.37. The van der Waals surface area contributed by atoms with E-state index in [2.05, 4.69) is 0 Å². The van der Waals surface area contributed by atoms with Crippen LogP contribution in [0.25, 0.3) is 0 Å². The van der Waals surface area contributed by atoms with Crippen molar-refractivity contribution in [3.8, 4) is 0 Å². The number of hydrogen-bond acceptors (Lipinski definition) is 2. The summed E-state index contributed by atoms with van der Waals surface area (Å²) in [4.78, 5) is 0. The molecule has 0 bridgehead atoms. The standard InChI is InChI=1S/C7H7F2NO2S/c1-13(11,12)10-7-3-5(8)2-6(9)4-7/h2-4,10H,1H3. The predicted molar refractivity (Wildman–Crippen MR) is 44.8 cm³/mol. The zero-order chi connectivity index (χ0) is 10.1. The van der Waals surface area contributed by atoms with Gasteiger partial charge in [0, 0.05) is 6.07 Å². The second kappa shape index (κ2) is 3.29. The van der Waals surface area contributed by atoms with Crippen LogP contribution in [0.15, 0.2) is 18.2 Å². The van der Waals surface area contributed by atoms with Crippen LogP contribution < -0.4 is 4.72 Å². The lowest BCUT2D eigenvalue weighted by Gasteiger charge is -2.03. The van der Waals surface area contributed by atoms with Gasteiger partial charge < -0.3 is 0 Å². The minimum atomic E-state index is -3.49. The van der Waals surface area contributed by atoms with Gasteiger partial charge >= 0.3 is 0 Å². The Labute approximate surface area is 74.4 Å². The van der Waals surface area contributed by atoms with Crippen LogP contribution in [0.2, 0.25) is 0 Å². The summed E-state index contributed by atoms with van der Waals surface area (Å²) in [6.45, 7) is 0. The third kappa shape index (κ3) is 3.37. The van der Waals surface area contributed by atoms with Crippen molar-refractivity contribution in [1.82, 2.24) is 0 Å². The van der Waals surface area contributed by atoms with Crippen molar-refractivity contribution >= 4 is 15.7 Å². The van der Waals surface area contributed by atoms with Gasteiger partial charge in [0.2, 0.25) is 10.0 Å². The zero-order valence-electron chi connectivity index (χ0n) is 6.71. The third-order valence-electron chi connectivity index (χ3n) is 1.17. The number of nitrogens with one attached hydrogen (secondary N) is 1. The molecule has 0 amide bonds. The number of sulfonamides is 1. The summed E-state index contributed by atoms with van der Waals surface area (Å²) < 4.78 is 48.3. The van der Waals surface area contributed by atoms with Gasteiger partial charge in [0.25, 0.3) is 0 Å². The molecule has 0 saturated carbocycles. The summed E-state index contributed by atoms with van der Waals surface area (Å²) in [5.41, 5.74) is -0.125. The molecule has 13 heavy (non-hydrogen) atoms. The maximum atomic E-state index is 12.5. The lowest BCUT2D eigenvalue weighted by Crippen LogP contribution is -2.09. The topological polar surface area (TPSA) is 46.2 Å². The van der Waals surface area contributed by atoms with Crippen LogP contribution >= 0.6 is 0 Å². The van der Waals surface area contributed by atoms with E-state index < -0.39 is 21.7 Å². The fourth-order valence-electron chi connectivity index (χ4n) is 0.827. The van der Waals surface area contributed by atoms with Gasteiger partial charge in [-0.15, -0.1) is 0 Å². The summed E-state index contributed by atoms with van der Waals surface area (Å²) in [6.07, 6.45) is 0.899. The fraction of sp³-hybridized carbons (Fsp3) is 0.143. The van der Waals surface area contributed by atoms with E-state index in [9.17, 15) is 17.2 Å². The van der Waals surface area contributed by atoms with Crippen molar-refractivity contribution in [1.29, 1.82) is 0 Å². The molecule has 0 fully saturated rings. The van der Waals surface area contributed by atoms with E-state index in [0.717, 1.165) is 18.4 Å². The first-order chi connectivity index (χ1) is 5.87. The Morgan fingerprint density at radius 3 is 2.00 bits per heavy atom. The van der Waals surface area contributed by atoms with Crippen molar-refractivity contribution in [2.45, 2.75) is 0 Å². The summed E-state index contributed by atoms with van der Waals surface area (Å²) >= 11 is 0. The number of rotatable bonds is 2. The highest BCUT2D eigenvalue weighted by molar-refractivity contribution is 7.92. The van der Waals surface area contributed by atoms with Crippen LogP contribution in [0.5, 0.6) is 0 Å². The average Bonchev–Trinajstić information content (AvgIpc) is 1.78. The van der Waals surface area contributed by atoms with Crippen LogP contribution in [-0.2, 0) is 10.0 Å². The third-order valence-corrected chi connectivity index (χ3v) is 1.77. The second-order valence-electron chi connectivity index (χ2n) is 2.53. The van der Waals surface area contributed by atoms with Gasteiger partial charge in [-0.25, -0.2) is 17.2 Å². The molecule has 1 aromatic rings. The van der Waals surface area contributed by atoms with E-state index in [1.54, 1.807) is 0 Å². The highest BCUT2D eigenvalue weighted by Gasteiger charge is 2.04. The molecule has 0 unspecified atom stereocenters. The van der Waals surface area contributed by atoms with Gasteiger partial charge in [-0.3, -0.25) is 4.72 Å². The molecule has 3 nitrogen and oxygen atoms in total. The normalized spacial score (nSPS) is 11.3. The summed E-state index contributed by atoms with van der Waals surface area (Å²) in [6, 6.07) is 2.45. The Kier molecular flexibility index (Phi) is 2.51. The van der Waals surface area contributed by atoms with E-state index in [0.29, 0.717) is 6.07 Å². The molecule has 1 N–H and O–H groups in total. The van der Waals surface area contributed by atoms with Gasteiger partial charge in [-0.1, -0.05) is 0 Å². The number of anilines is 1. The second-order valence-corrected chi connectivity index (χ2v) is 4.28. The zero-order valence-corrected chi connectivity index (χ0v) is 7.53. The van der Waals surface area contributed by atoms with Crippen molar-refractivity contribution in [2.24, 2.45) is 0 Å². The molecule has 0 radical (unpaired) electrons. The van der Waals surface area contributed by atoms with Gasteiger partial charge in [-0.2, -0.15) is 0 Å². The van der Waals surface area contributed by atoms with Gasteiger partial charge in [0.15, 0.2) is 0 Å². The summed E-state index contributed by atoms with van der Waals surface area (Å²) in [5.74, 6) is -1.66. The summed E-state index contributed by atoms with van der Waals surface area (Å²) in [7, 11) is -3.49. The van der Waals surface area contributed by atoms with Gasteiger partial charge in [-0.05, 0) is 12.1 Å².